The van der Waals surface area contributed by atoms with Gasteiger partial charge in [-0.25, -0.2) is 24.7 Å². The van der Waals surface area contributed by atoms with Crippen LogP contribution in [0.1, 0.15) is 83.0 Å². The number of ether oxygens (including phenoxy) is 5. The smallest absolute Gasteiger partial charge is 0.410 e. The molecule has 3 amide bonds. The summed E-state index contributed by atoms with van der Waals surface area (Å²) >= 11 is 0. The minimum absolute atomic E-state index is 0.0241. The molecule has 0 saturated carbocycles. The first-order valence-corrected chi connectivity index (χ1v) is 38.1. The summed E-state index contributed by atoms with van der Waals surface area (Å²) in [6, 6.07) is 11.5. The molecule has 0 bridgehead atoms. The third-order valence-electron chi connectivity index (χ3n) is 14.8. The fourth-order valence-electron chi connectivity index (χ4n) is 10.2. The van der Waals surface area contributed by atoms with Gasteiger partial charge in [0.15, 0.2) is 11.3 Å². The maximum atomic E-state index is 13.5. The summed E-state index contributed by atoms with van der Waals surface area (Å²) < 4.78 is 86.6. The van der Waals surface area contributed by atoms with Gasteiger partial charge in [-0.1, -0.05) is 39.3 Å². The fourth-order valence-corrected chi connectivity index (χ4v) is 11.7. The molecule has 2 saturated heterocycles. The topological polar surface area (TPSA) is 234 Å². The molecule has 0 atom stereocenters. The van der Waals surface area contributed by atoms with E-state index in [4.69, 9.17) is 49.1 Å². The molecule has 3 N–H and O–H groups in total. The minimum atomic E-state index is -3.00. The number of hydrogen-bond acceptors (Lipinski definition) is 15. The van der Waals surface area contributed by atoms with Crippen LogP contribution in [0.3, 0.4) is 0 Å². The van der Waals surface area contributed by atoms with Gasteiger partial charge in [0.05, 0.1) is 34.6 Å². The molecule has 91 heavy (non-hydrogen) atoms. The number of rotatable bonds is 22. The lowest BCUT2D eigenvalue weighted by molar-refractivity contribution is -0.0504. The van der Waals surface area contributed by atoms with Crippen LogP contribution in [0.4, 0.5) is 22.4 Å². The number of fused-ring (bicyclic) bond motifs is 4. The van der Waals surface area contributed by atoms with Crippen LogP contribution >= 0.6 is 0 Å². The number of amides is 3. The Labute approximate surface area is 529 Å². The van der Waals surface area contributed by atoms with E-state index in [1.165, 1.54) is 18.2 Å². The van der Waals surface area contributed by atoms with E-state index < -0.39 is 46.0 Å². The van der Waals surface area contributed by atoms with Crippen LogP contribution in [0, 0.1) is 11.8 Å². The van der Waals surface area contributed by atoms with Crippen molar-refractivity contribution in [2.45, 2.75) is 170 Å². The second kappa shape index (κ2) is 27.0. The summed E-state index contributed by atoms with van der Waals surface area (Å²) in [5.74, 6) is -0.0769. The molecule has 492 valence electrons. The van der Waals surface area contributed by atoms with Crippen molar-refractivity contribution in [1.29, 1.82) is 0 Å². The highest BCUT2D eigenvalue weighted by Crippen LogP contribution is 2.36. The Morgan fingerprint density at radius 2 is 1.04 bits per heavy atom. The van der Waals surface area contributed by atoms with Crippen molar-refractivity contribution in [3.05, 3.63) is 72.3 Å². The van der Waals surface area contributed by atoms with Gasteiger partial charge in [0.25, 0.3) is 11.8 Å². The summed E-state index contributed by atoms with van der Waals surface area (Å²) in [6.45, 7) is 30.2. The minimum Gasteiger partial charge on any atom is -0.444 e. The Bertz CT molecular complexity index is 3920. The highest BCUT2D eigenvalue weighted by molar-refractivity contribution is 6.76. The molecule has 2 fully saturated rings. The molecule has 2 aromatic carbocycles. The highest BCUT2D eigenvalue weighted by Gasteiger charge is 2.35. The first-order chi connectivity index (χ1) is 42.5. The zero-order valence-corrected chi connectivity index (χ0v) is 56.8. The van der Waals surface area contributed by atoms with Crippen molar-refractivity contribution >= 4 is 78.2 Å². The second-order valence-corrected chi connectivity index (χ2v) is 40.2. The molecule has 8 aromatic rings. The Kier molecular flexibility index (Phi) is 20.1. The van der Waals surface area contributed by atoms with Crippen LogP contribution in [-0.2, 0) is 40.8 Å². The first-order valence-electron chi connectivity index (χ1n) is 30.7. The van der Waals surface area contributed by atoms with Crippen LogP contribution < -0.4 is 25.4 Å². The molecule has 10 rings (SSSR count). The van der Waals surface area contributed by atoms with E-state index in [9.17, 15) is 31.9 Å². The number of nitrogens with zero attached hydrogens (tertiary/aromatic N) is 11. The number of halogens is 4. The number of carbonyl (C=O) groups excluding carboxylic acids is 3. The Balaban J connectivity index is 0.000000218. The summed E-state index contributed by atoms with van der Waals surface area (Å²) in [5.41, 5.74) is 4.01. The van der Waals surface area contributed by atoms with Crippen LogP contribution in [0.2, 0.25) is 51.4 Å². The Hall–Kier alpha value is -7.54. The Morgan fingerprint density at radius 1 is 0.626 bits per heavy atom. The quantitative estimate of drug-likeness (QED) is 0.0325. The zero-order valence-electron chi connectivity index (χ0n) is 54.8. The fraction of sp³-hybridized carbons (Fsp3) is 0.540. The number of aromatic nitrogens is 10. The van der Waals surface area contributed by atoms with Gasteiger partial charge in [-0.3, -0.25) is 19.0 Å². The van der Waals surface area contributed by atoms with E-state index in [2.05, 4.69) is 60.0 Å². The third-order valence-corrected chi connectivity index (χ3v) is 18.2. The first kappa shape index (κ1) is 67.8. The number of likely N-dealkylation sites (tertiary alicyclic amines) is 1. The molecule has 28 heteroatoms. The molecule has 2 aliphatic rings. The van der Waals surface area contributed by atoms with Crippen molar-refractivity contribution in [3.63, 3.8) is 0 Å². The van der Waals surface area contributed by atoms with Gasteiger partial charge in [-0.2, -0.15) is 27.8 Å². The van der Waals surface area contributed by atoms with Crippen LogP contribution in [0.25, 0.3) is 66.9 Å². The number of carbonyl (C=O) groups is 3. The van der Waals surface area contributed by atoms with E-state index in [0.29, 0.717) is 118 Å². The van der Waals surface area contributed by atoms with Gasteiger partial charge in [0.2, 0.25) is 0 Å². The maximum Gasteiger partial charge on any atom is 0.410 e. The number of benzene rings is 2. The lowest BCUT2D eigenvalue weighted by Crippen LogP contribution is -2.52. The number of nitrogens with one attached hydrogen (secondary N) is 3. The van der Waals surface area contributed by atoms with Crippen molar-refractivity contribution in [1.82, 2.24) is 69.5 Å². The molecule has 2 aliphatic heterocycles. The van der Waals surface area contributed by atoms with Crippen molar-refractivity contribution in [2.24, 2.45) is 11.8 Å². The summed E-state index contributed by atoms with van der Waals surface area (Å²) in [5, 5.41) is 20.1. The summed E-state index contributed by atoms with van der Waals surface area (Å²) in [6.07, 6.45) is 6.21. The molecule has 0 unspecified atom stereocenters. The Morgan fingerprint density at radius 3 is 1.41 bits per heavy atom. The molecule has 22 nitrogen and oxygen atoms in total. The van der Waals surface area contributed by atoms with Gasteiger partial charge in [0, 0.05) is 115 Å². The predicted molar refractivity (Wildman–Crippen MR) is 346 cm³/mol. The maximum absolute atomic E-state index is 13.5. The monoisotopic (exact) mass is 1300 g/mol. The number of hydrogen-bond donors (Lipinski definition) is 3. The lowest BCUT2D eigenvalue weighted by Gasteiger charge is -2.39. The van der Waals surface area contributed by atoms with Crippen molar-refractivity contribution in [3.8, 4) is 34.3 Å². The SMILES string of the molecule is CC(C)(C)NC(=O)c1cn(COCC[Si](C)(C)C)c2ncc(-c3nn(CC4CN(C(=O)OC(C)(C)C)C4)c4ccc(OC(F)F)cc34)nc12.CC(C)(C)NC(=O)c1cn(COCC[Si](C)(C)C)c2ncc(-c3nn(CC4CNC4)c4ccc(OC(F)F)cc34)nc12. The largest absolute Gasteiger partial charge is 0.444 e. The van der Waals surface area contributed by atoms with Gasteiger partial charge in [0.1, 0.15) is 64.4 Å². The van der Waals surface area contributed by atoms with Crippen LogP contribution in [-0.4, -0.2) is 157 Å². The average Bonchev–Trinajstić information content (AvgIpc) is 1.63. The average molecular weight is 1300 g/mol. The van der Waals surface area contributed by atoms with E-state index in [1.807, 2.05) is 67.0 Å². The summed E-state index contributed by atoms with van der Waals surface area (Å²) in [4.78, 5) is 60.2. The molecule has 0 spiro atoms. The van der Waals surface area contributed by atoms with Gasteiger partial charge < -0.3 is 53.7 Å². The zero-order chi connectivity index (χ0) is 66.1. The predicted octanol–water partition coefficient (Wildman–Crippen LogP) is 11.9. The molecule has 0 aliphatic carbocycles. The lowest BCUT2D eigenvalue weighted by atomic mass is 10.0. The molecular formula is C63H86F4N14O8Si2. The van der Waals surface area contributed by atoms with Gasteiger partial charge in [-0.05, 0) is 111 Å². The van der Waals surface area contributed by atoms with E-state index in [-0.39, 0.29) is 48.8 Å². The molecule has 6 aromatic heterocycles. The van der Waals surface area contributed by atoms with Crippen molar-refractivity contribution < 1.29 is 55.6 Å². The summed E-state index contributed by atoms with van der Waals surface area (Å²) in [7, 11) is -2.57. The highest BCUT2D eigenvalue weighted by atomic mass is 28.3. The van der Waals surface area contributed by atoms with E-state index in [0.717, 1.165) is 30.7 Å². The van der Waals surface area contributed by atoms with Crippen LogP contribution in [0.15, 0.2) is 61.2 Å². The second-order valence-electron chi connectivity index (χ2n) is 28.9. The molecule has 8 heterocycles. The normalized spacial score (nSPS) is 14.5. The van der Waals surface area contributed by atoms with Gasteiger partial charge in [-0.15, -0.1) is 0 Å². The molecular weight excluding hydrogens is 1210 g/mol. The van der Waals surface area contributed by atoms with Crippen LogP contribution in [0.5, 0.6) is 11.5 Å². The van der Waals surface area contributed by atoms with Crippen molar-refractivity contribution in [2.75, 3.05) is 39.4 Å². The standard InChI is InChI=1S/C34H47F2N7O5Si.C29H39F2N7O3Si/c1-33(2,3)39-30(44)24-19-42(20-46-12-13-49(7,8)9)29-28(24)38-25(15-37-29)27-23-14-22(47-31(35)36)10-11-26(23)43(40-27)18-21-16-41(17-21)32(45)48-34(4,5)6;1-29(2,3)35-27(39)21-16-37(17-40-9-10-42(4,5)6)26-25(21)34-22(14-33-26)24-20-11-19(41-28(30)31)7-8-23(20)38(36-24)15-18-12-32-13-18/h10-11,14-15,19,21,31H,12-13,16-18,20H2,1-9H3,(H,39,44);7-8,11,14,16,18,28,32H,9-10,12-13,15,17H2,1-6H3,(H,35,39). The van der Waals surface area contributed by atoms with Gasteiger partial charge >= 0.3 is 19.3 Å². The third kappa shape index (κ3) is 17.7. The number of alkyl halides is 4. The van der Waals surface area contributed by atoms with E-state index >= 15 is 0 Å². The molecule has 0 radical (unpaired) electrons. The van der Waals surface area contributed by atoms with E-state index in [1.54, 1.807) is 61.7 Å².